The molecule has 0 aliphatic heterocycles. The third-order valence-corrected chi connectivity index (χ3v) is 3.94. The SMILES string of the molecule is CCc1nnc(SCC(=O)O)n1CCN(C)C(C)C. The highest BCUT2D eigenvalue weighted by atomic mass is 32.2. The summed E-state index contributed by atoms with van der Waals surface area (Å²) in [5, 5.41) is 17.6. The number of nitrogens with zero attached hydrogens (tertiary/aromatic N) is 4. The number of carboxylic acid groups (broad SMARTS) is 1. The van der Waals surface area contributed by atoms with Gasteiger partial charge >= 0.3 is 5.97 Å². The van der Waals surface area contributed by atoms with Gasteiger partial charge in [0.2, 0.25) is 0 Å². The molecular weight excluding hydrogens is 264 g/mol. The van der Waals surface area contributed by atoms with Crippen LogP contribution < -0.4 is 0 Å². The standard InChI is InChI=1S/C12H22N4O2S/c1-5-10-13-14-12(19-8-11(17)18)16(10)7-6-15(4)9(2)3/h9H,5-8H2,1-4H3,(H,17,18). The Morgan fingerprint density at radius 3 is 2.68 bits per heavy atom. The van der Waals surface area contributed by atoms with Gasteiger partial charge < -0.3 is 14.6 Å². The number of aryl methyl sites for hydroxylation is 1. The van der Waals surface area contributed by atoms with Gasteiger partial charge in [-0.2, -0.15) is 0 Å². The van der Waals surface area contributed by atoms with Gasteiger partial charge in [-0.25, -0.2) is 0 Å². The van der Waals surface area contributed by atoms with Crippen molar-refractivity contribution in [2.75, 3.05) is 19.3 Å². The van der Waals surface area contributed by atoms with Crippen molar-refractivity contribution in [3.8, 4) is 0 Å². The van der Waals surface area contributed by atoms with Crippen molar-refractivity contribution in [3.05, 3.63) is 5.82 Å². The molecule has 108 valence electrons. The second-order valence-electron chi connectivity index (χ2n) is 4.66. The molecule has 0 radical (unpaired) electrons. The predicted octanol–water partition coefficient (Wildman–Crippen LogP) is 1.36. The van der Waals surface area contributed by atoms with Gasteiger partial charge in [-0.05, 0) is 20.9 Å². The van der Waals surface area contributed by atoms with Gasteiger partial charge in [0, 0.05) is 25.6 Å². The van der Waals surface area contributed by atoms with Gasteiger partial charge in [-0.1, -0.05) is 18.7 Å². The van der Waals surface area contributed by atoms with Crippen molar-refractivity contribution in [3.63, 3.8) is 0 Å². The molecular formula is C12H22N4O2S. The highest BCUT2D eigenvalue weighted by molar-refractivity contribution is 7.99. The van der Waals surface area contributed by atoms with Crippen LogP contribution in [0.25, 0.3) is 0 Å². The summed E-state index contributed by atoms with van der Waals surface area (Å²) in [7, 11) is 2.07. The Bertz CT molecular complexity index is 420. The molecule has 0 saturated heterocycles. The molecule has 0 aliphatic rings. The van der Waals surface area contributed by atoms with E-state index < -0.39 is 5.97 Å². The average Bonchev–Trinajstić information content (AvgIpc) is 2.75. The first-order chi connectivity index (χ1) is 8.95. The molecule has 1 aromatic heterocycles. The Hall–Kier alpha value is -1.08. The Kier molecular flexibility index (Phi) is 6.30. The van der Waals surface area contributed by atoms with Gasteiger partial charge in [-0.3, -0.25) is 4.79 Å². The van der Waals surface area contributed by atoms with Crippen molar-refractivity contribution >= 4 is 17.7 Å². The largest absolute Gasteiger partial charge is 0.481 e. The minimum atomic E-state index is -0.836. The van der Waals surface area contributed by atoms with E-state index in [1.165, 1.54) is 11.8 Å². The molecule has 0 fully saturated rings. The molecule has 0 bridgehead atoms. The van der Waals surface area contributed by atoms with Gasteiger partial charge in [0.25, 0.3) is 0 Å². The van der Waals surface area contributed by atoms with E-state index in [0.29, 0.717) is 11.2 Å². The summed E-state index contributed by atoms with van der Waals surface area (Å²) in [6, 6.07) is 0.483. The van der Waals surface area contributed by atoms with Crippen LogP contribution in [0.1, 0.15) is 26.6 Å². The number of hydrogen-bond donors (Lipinski definition) is 1. The third-order valence-electron chi connectivity index (χ3n) is 2.99. The van der Waals surface area contributed by atoms with E-state index in [4.69, 9.17) is 5.11 Å². The molecule has 0 spiro atoms. The maximum atomic E-state index is 10.6. The number of carboxylic acids is 1. The van der Waals surface area contributed by atoms with Crippen molar-refractivity contribution in [2.24, 2.45) is 0 Å². The maximum Gasteiger partial charge on any atom is 0.313 e. The number of rotatable bonds is 8. The first-order valence-electron chi connectivity index (χ1n) is 6.42. The number of likely N-dealkylation sites (N-methyl/N-ethyl adjacent to an activating group) is 1. The van der Waals surface area contributed by atoms with Crippen LogP contribution in [0.3, 0.4) is 0 Å². The summed E-state index contributed by atoms with van der Waals surface area (Å²) < 4.78 is 2.02. The second kappa shape index (κ2) is 7.49. The zero-order valence-corrected chi connectivity index (χ0v) is 12.8. The molecule has 1 aromatic rings. The maximum absolute atomic E-state index is 10.6. The highest BCUT2D eigenvalue weighted by Crippen LogP contribution is 2.17. The monoisotopic (exact) mass is 286 g/mol. The van der Waals surface area contributed by atoms with Crippen molar-refractivity contribution < 1.29 is 9.90 Å². The number of carbonyl (C=O) groups is 1. The van der Waals surface area contributed by atoms with E-state index in [2.05, 4.69) is 36.0 Å². The lowest BCUT2D eigenvalue weighted by Crippen LogP contribution is -2.30. The van der Waals surface area contributed by atoms with Crippen molar-refractivity contribution in [2.45, 2.75) is 44.9 Å². The Morgan fingerprint density at radius 1 is 1.47 bits per heavy atom. The smallest absolute Gasteiger partial charge is 0.313 e. The van der Waals surface area contributed by atoms with Gasteiger partial charge in [0.1, 0.15) is 5.82 Å². The van der Waals surface area contributed by atoms with E-state index >= 15 is 0 Å². The zero-order chi connectivity index (χ0) is 14.4. The molecule has 0 aromatic carbocycles. The molecule has 19 heavy (non-hydrogen) atoms. The highest BCUT2D eigenvalue weighted by Gasteiger charge is 2.13. The fourth-order valence-electron chi connectivity index (χ4n) is 1.55. The lowest BCUT2D eigenvalue weighted by molar-refractivity contribution is -0.133. The van der Waals surface area contributed by atoms with E-state index in [1.54, 1.807) is 0 Å². The van der Waals surface area contributed by atoms with Crippen LogP contribution in [0.5, 0.6) is 0 Å². The molecule has 0 aliphatic carbocycles. The van der Waals surface area contributed by atoms with Crippen LogP contribution in [0.2, 0.25) is 0 Å². The molecule has 0 atom stereocenters. The average molecular weight is 286 g/mol. The van der Waals surface area contributed by atoms with Crippen LogP contribution in [0.15, 0.2) is 5.16 Å². The Labute approximate surface area is 118 Å². The number of thioether (sulfide) groups is 1. The summed E-state index contributed by atoms with van der Waals surface area (Å²) in [4.78, 5) is 12.9. The second-order valence-corrected chi connectivity index (χ2v) is 5.60. The molecule has 1 rings (SSSR count). The lowest BCUT2D eigenvalue weighted by Gasteiger charge is -2.21. The van der Waals surface area contributed by atoms with Gasteiger partial charge in [0.15, 0.2) is 5.16 Å². The van der Waals surface area contributed by atoms with Crippen molar-refractivity contribution in [1.29, 1.82) is 0 Å². The van der Waals surface area contributed by atoms with E-state index in [-0.39, 0.29) is 5.75 Å². The number of hydrogen-bond acceptors (Lipinski definition) is 5. The lowest BCUT2D eigenvalue weighted by atomic mass is 10.3. The van der Waals surface area contributed by atoms with Crippen LogP contribution in [0, 0.1) is 0 Å². The van der Waals surface area contributed by atoms with Crippen molar-refractivity contribution in [1.82, 2.24) is 19.7 Å². The van der Waals surface area contributed by atoms with Crippen LogP contribution in [0.4, 0.5) is 0 Å². The van der Waals surface area contributed by atoms with Crippen LogP contribution in [-0.4, -0.2) is 56.1 Å². The number of aliphatic carboxylic acids is 1. The first kappa shape index (κ1) is 16.0. The molecule has 6 nitrogen and oxygen atoms in total. The predicted molar refractivity (Wildman–Crippen MR) is 75.5 cm³/mol. The van der Waals surface area contributed by atoms with Crippen LogP contribution in [-0.2, 0) is 17.8 Å². The molecule has 0 unspecified atom stereocenters. The minimum absolute atomic E-state index is 0.0157. The molecule has 0 saturated carbocycles. The summed E-state index contributed by atoms with van der Waals surface area (Å²) in [6.07, 6.45) is 0.798. The van der Waals surface area contributed by atoms with E-state index in [0.717, 1.165) is 25.3 Å². The summed E-state index contributed by atoms with van der Waals surface area (Å²) in [5.41, 5.74) is 0. The fourth-order valence-corrected chi connectivity index (χ4v) is 2.26. The molecule has 0 amide bonds. The topological polar surface area (TPSA) is 71.2 Å². The molecule has 1 N–H and O–H groups in total. The third kappa shape index (κ3) is 4.83. The first-order valence-corrected chi connectivity index (χ1v) is 7.41. The summed E-state index contributed by atoms with van der Waals surface area (Å²) in [5.74, 6) is 0.0870. The Balaban J connectivity index is 2.72. The quantitative estimate of drug-likeness (QED) is 0.728. The number of aromatic nitrogens is 3. The summed E-state index contributed by atoms with van der Waals surface area (Å²) >= 11 is 1.22. The van der Waals surface area contributed by atoms with Crippen LogP contribution >= 0.6 is 11.8 Å². The molecule has 7 heteroatoms. The van der Waals surface area contributed by atoms with E-state index in [9.17, 15) is 4.79 Å². The molecule has 1 heterocycles. The summed E-state index contributed by atoms with van der Waals surface area (Å²) in [6.45, 7) is 7.99. The normalized spacial score (nSPS) is 11.5. The van der Waals surface area contributed by atoms with E-state index in [1.807, 2.05) is 11.5 Å². The van der Waals surface area contributed by atoms with Gasteiger partial charge in [0.05, 0.1) is 5.75 Å². The zero-order valence-electron chi connectivity index (χ0n) is 12.0. The Morgan fingerprint density at radius 2 is 2.16 bits per heavy atom. The fraction of sp³-hybridized carbons (Fsp3) is 0.750. The minimum Gasteiger partial charge on any atom is -0.481 e. The van der Waals surface area contributed by atoms with Gasteiger partial charge in [-0.15, -0.1) is 10.2 Å².